The van der Waals surface area contributed by atoms with Gasteiger partial charge in [0.05, 0.1) is 5.75 Å². The van der Waals surface area contributed by atoms with Gasteiger partial charge in [0.1, 0.15) is 0 Å². The molecule has 6 nitrogen and oxygen atoms in total. The van der Waals surface area contributed by atoms with Crippen LogP contribution in [0.2, 0.25) is 0 Å². The summed E-state index contributed by atoms with van der Waals surface area (Å²) in [6, 6.07) is 0.269. The number of rotatable bonds is 12. The molecule has 0 saturated carbocycles. The standard InChI is InChI=1S/C14H26N4O2S2/c1-4-11(5-2)16-12(19)10-21-14-18-17-13(22-14)15-8-7-9-20-6-3/h11H,4-10H2,1-3H3,(H,15,17)(H,16,19). The molecule has 2 N–H and O–H groups in total. The van der Waals surface area contributed by atoms with Gasteiger partial charge in [-0.25, -0.2) is 0 Å². The zero-order valence-corrected chi connectivity index (χ0v) is 15.2. The maximum atomic E-state index is 11.8. The van der Waals surface area contributed by atoms with Crippen molar-refractivity contribution in [2.24, 2.45) is 0 Å². The molecule has 1 rings (SSSR count). The molecule has 0 atom stereocenters. The second-order valence-corrected chi connectivity index (χ2v) is 6.92. The molecular formula is C14H26N4O2S2. The Balaban J connectivity index is 2.22. The third-order valence-electron chi connectivity index (χ3n) is 3.03. The summed E-state index contributed by atoms with van der Waals surface area (Å²) < 4.78 is 6.08. The second kappa shape index (κ2) is 11.7. The van der Waals surface area contributed by atoms with Gasteiger partial charge in [-0.05, 0) is 26.2 Å². The number of carbonyl (C=O) groups excluding carboxylic acids is 1. The molecule has 0 fully saturated rings. The van der Waals surface area contributed by atoms with Gasteiger partial charge in [-0.1, -0.05) is 36.9 Å². The fraction of sp³-hybridized carbons (Fsp3) is 0.786. The van der Waals surface area contributed by atoms with Crippen LogP contribution in [0.5, 0.6) is 0 Å². The van der Waals surface area contributed by atoms with E-state index < -0.39 is 0 Å². The van der Waals surface area contributed by atoms with Crippen LogP contribution >= 0.6 is 23.1 Å². The van der Waals surface area contributed by atoms with E-state index in [-0.39, 0.29) is 11.9 Å². The lowest BCUT2D eigenvalue weighted by Gasteiger charge is -2.13. The topological polar surface area (TPSA) is 76.1 Å². The highest BCUT2D eigenvalue weighted by Crippen LogP contribution is 2.25. The van der Waals surface area contributed by atoms with E-state index in [1.54, 1.807) is 0 Å². The first-order valence-corrected chi connectivity index (χ1v) is 9.57. The normalized spacial score (nSPS) is 10.9. The summed E-state index contributed by atoms with van der Waals surface area (Å²) in [5.41, 5.74) is 0. The van der Waals surface area contributed by atoms with Gasteiger partial charge in [0.2, 0.25) is 11.0 Å². The predicted molar refractivity (Wildman–Crippen MR) is 92.7 cm³/mol. The Morgan fingerprint density at radius 3 is 2.77 bits per heavy atom. The van der Waals surface area contributed by atoms with Gasteiger partial charge in [0, 0.05) is 25.8 Å². The number of anilines is 1. The number of ether oxygens (including phenoxy) is 1. The van der Waals surface area contributed by atoms with Gasteiger partial charge in [0.25, 0.3) is 0 Å². The maximum absolute atomic E-state index is 11.8. The van der Waals surface area contributed by atoms with Crippen molar-refractivity contribution in [3.05, 3.63) is 0 Å². The van der Waals surface area contributed by atoms with Crippen LogP contribution in [0.15, 0.2) is 4.34 Å². The number of hydrogen-bond acceptors (Lipinski definition) is 7. The molecule has 0 aliphatic carbocycles. The van der Waals surface area contributed by atoms with Crippen molar-refractivity contribution in [1.29, 1.82) is 0 Å². The third kappa shape index (κ3) is 7.95. The van der Waals surface area contributed by atoms with Crippen molar-refractivity contribution < 1.29 is 9.53 Å². The van der Waals surface area contributed by atoms with Gasteiger partial charge >= 0.3 is 0 Å². The number of aromatic nitrogens is 2. The minimum absolute atomic E-state index is 0.0557. The summed E-state index contributed by atoms with van der Waals surface area (Å²) in [7, 11) is 0. The molecule has 1 amide bonds. The van der Waals surface area contributed by atoms with Crippen molar-refractivity contribution in [3.63, 3.8) is 0 Å². The Morgan fingerprint density at radius 1 is 1.32 bits per heavy atom. The van der Waals surface area contributed by atoms with Crippen molar-refractivity contribution in [1.82, 2.24) is 15.5 Å². The van der Waals surface area contributed by atoms with E-state index in [2.05, 4.69) is 34.7 Å². The van der Waals surface area contributed by atoms with E-state index in [4.69, 9.17) is 4.74 Å². The summed E-state index contributed by atoms with van der Waals surface area (Å²) in [6.45, 7) is 8.46. The highest BCUT2D eigenvalue weighted by molar-refractivity contribution is 8.01. The number of nitrogens with one attached hydrogen (secondary N) is 2. The molecule has 0 bridgehead atoms. The molecule has 0 aromatic carbocycles. The van der Waals surface area contributed by atoms with E-state index in [1.165, 1.54) is 23.1 Å². The lowest BCUT2D eigenvalue weighted by Crippen LogP contribution is -2.34. The zero-order valence-electron chi connectivity index (χ0n) is 13.6. The minimum atomic E-state index is 0.0557. The Labute approximate surface area is 140 Å². The van der Waals surface area contributed by atoms with Crippen molar-refractivity contribution in [3.8, 4) is 0 Å². The average Bonchev–Trinajstić information content (AvgIpc) is 2.98. The fourth-order valence-electron chi connectivity index (χ4n) is 1.74. The monoisotopic (exact) mass is 346 g/mol. The van der Waals surface area contributed by atoms with Crippen LogP contribution in [-0.2, 0) is 9.53 Å². The Hall–Kier alpha value is -0.860. The van der Waals surface area contributed by atoms with Gasteiger partial charge in [-0.15, -0.1) is 10.2 Å². The van der Waals surface area contributed by atoms with E-state index in [0.29, 0.717) is 5.75 Å². The molecule has 126 valence electrons. The quantitative estimate of drug-likeness (QED) is 0.448. The molecule has 22 heavy (non-hydrogen) atoms. The lowest BCUT2D eigenvalue weighted by molar-refractivity contribution is -0.119. The summed E-state index contributed by atoms with van der Waals surface area (Å²) in [5.74, 6) is 0.440. The highest BCUT2D eigenvalue weighted by atomic mass is 32.2. The SMILES string of the molecule is CCOCCCNc1nnc(SCC(=O)NC(CC)CC)s1. The van der Waals surface area contributed by atoms with E-state index in [0.717, 1.165) is 48.5 Å². The number of nitrogens with zero attached hydrogens (tertiary/aromatic N) is 2. The summed E-state index contributed by atoms with van der Waals surface area (Å²) in [5, 5.41) is 15.2. The van der Waals surface area contributed by atoms with Gasteiger partial charge in [-0.3, -0.25) is 4.79 Å². The van der Waals surface area contributed by atoms with Gasteiger partial charge in [-0.2, -0.15) is 0 Å². The molecule has 0 aliphatic heterocycles. The fourth-order valence-corrected chi connectivity index (χ4v) is 3.33. The first-order chi connectivity index (χ1) is 10.7. The van der Waals surface area contributed by atoms with Crippen molar-refractivity contribution in [2.45, 2.75) is 50.4 Å². The molecule has 0 aliphatic rings. The predicted octanol–water partition coefficient (Wildman–Crippen LogP) is 2.77. The first-order valence-electron chi connectivity index (χ1n) is 7.76. The molecule has 0 spiro atoms. The molecule has 0 saturated heterocycles. The molecule has 1 aromatic heterocycles. The molecule has 0 radical (unpaired) electrons. The second-order valence-electron chi connectivity index (χ2n) is 4.72. The zero-order chi connectivity index (χ0) is 16.2. The van der Waals surface area contributed by atoms with Crippen LogP contribution < -0.4 is 10.6 Å². The largest absolute Gasteiger partial charge is 0.382 e. The summed E-state index contributed by atoms with van der Waals surface area (Å²) in [6.07, 6.45) is 2.86. The van der Waals surface area contributed by atoms with Crippen LogP contribution in [0.4, 0.5) is 5.13 Å². The number of amides is 1. The lowest BCUT2D eigenvalue weighted by atomic mass is 10.2. The molecule has 8 heteroatoms. The molecule has 1 aromatic rings. The smallest absolute Gasteiger partial charge is 0.230 e. The summed E-state index contributed by atoms with van der Waals surface area (Å²) in [4.78, 5) is 11.8. The van der Waals surface area contributed by atoms with E-state index >= 15 is 0 Å². The van der Waals surface area contributed by atoms with Crippen molar-refractivity contribution >= 4 is 34.1 Å². The number of hydrogen-bond donors (Lipinski definition) is 2. The third-order valence-corrected chi connectivity index (χ3v) is 5.04. The number of thioether (sulfide) groups is 1. The van der Waals surface area contributed by atoms with Crippen LogP contribution in [0.1, 0.15) is 40.0 Å². The van der Waals surface area contributed by atoms with Crippen LogP contribution in [0.25, 0.3) is 0 Å². The average molecular weight is 347 g/mol. The van der Waals surface area contributed by atoms with E-state index in [9.17, 15) is 4.79 Å². The Kier molecular flexibility index (Phi) is 10.2. The maximum Gasteiger partial charge on any atom is 0.230 e. The molecular weight excluding hydrogens is 320 g/mol. The Morgan fingerprint density at radius 2 is 2.09 bits per heavy atom. The Bertz CT molecular complexity index is 425. The first kappa shape index (κ1) is 19.2. The van der Waals surface area contributed by atoms with Gasteiger partial charge < -0.3 is 15.4 Å². The summed E-state index contributed by atoms with van der Waals surface area (Å²) >= 11 is 2.91. The van der Waals surface area contributed by atoms with Crippen LogP contribution in [0, 0.1) is 0 Å². The van der Waals surface area contributed by atoms with Crippen molar-refractivity contribution in [2.75, 3.05) is 30.8 Å². The highest BCUT2D eigenvalue weighted by Gasteiger charge is 2.11. The van der Waals surface area contributed by atoms with E-state index in [1.807, 2.05) is 6.92 Å². The van der Waals surface area contributed by atoms with Gasteiger partial charge in [0.15, 0.2) is 4.34 Å². The number of carbonyl (C=O) groups is 1. The van der Waals surface area contributed by atoms with Crippen LogP contribution in [0.3, 0.4) is 0 Å². The minimum Gasteiger partial charge on any atom is -0.382 e. The molecule has 1 heterocycles. The van der Waals surface area contributed by atoms with Crippen LogP contribution in [-0.4, -0.2) is 47.7 Å². The molecule has 0 unspecified atom stereocenters.